The van der Waals surface area contributed by atoms with E-state index < -0.39 is 0 Å². The number of para-hydroxylation sites is 1. The van der Waals surface area contributed by atoms with Crippen LogP contribution in [0.5, 0.6) is 0 Å². The summed E-state index contributed by atoms with van der Waals surface area (Å²) in [5.41, 5.74) is 3.61. The molecule has 0 saturated heterocycles. The Morgan fingerprint density at radius 2 is 1.80 bits per heavy atom. The summed E-state index contributed by atoms with van der Waals surface area (Å²) in [6.07, 6.45) is 0. The van der Waals surface area contributed by atoms with Crippen molar-refractivity contribution in [2.24, 2.45) is 0 Å². The van der Waals surface area contributed by atoms with Gasteiger partial charge in [0.2, 0.25) is 11.7 Å². The number of aromatic nitrogens is 4. The van der Waals surface area contributed by atoms with E-state index in [1.54, 1.807) is 29.5 Å². The number of carbonyl (C=O) groups excluding carboxylic acids is 1. The zero-order valence-electron chi connectivity index (χ0n) is 19.2. The van der Waals surface area contributed by atoms with Crippen molar-refractivity contribution < 1.29 is 9.18 Å². The molecule has 2 aromatic heterocycles. The molecule has 0 bridgehead atoms. The average Bonchev–Trinajstić information content (AvgIpc) is 3.28. The minimum Gasteiger partial charge on any atom is -0.351 e. The maximum atomic E-state index is 13.5. The van der Waals surface area contributed by atoms with Gasteiger partial charge in [0.25, 0.3) is 5.56 Å². The minimum atomic E-state index is -0.273. The fourth-order valence-electron chi connectivity index (χ4n) is 3.90. The summed E-state index contributed by atoms with van der Waals surface area (Å²) in [6, 6.07) is 19.7. The molecule has 0 aliphatic heterocycles. The Hall–Kier alpha value is -3.98. The number of thioether (sulfide) groups is 1. The Kier molecular flexibility index (Phi) is 6.08. The Balaban J connectivity index is 1.45. The summed E-state index contributed by atoms with van der Waals surface area (Å²) >= 11 is 1.23. The van der Waals surface area contributed by atoms with Crippen LogP contribution in [-0.4, -0.2) is 30.8 Å². The zero-order chi connectivity index (χ0) is 24.5. The number of carbonyl (C=O) groups is 1. The van der Waals surface area contributed by atoms with E-state index in [0.29, 0.717) is 39.6 Å². The van der Waals surface area contributed by atoms with Crippen molar-refractivity contribution >= 4 is 34.3 Å². The molecule has 7 nitrogen and oxygen atoms in total. The molecule has 0 saturated carbocycles. The van der Waals surface area contributed by atoms with Gasteiger partial charge in [-0.1, -0.05) is 53.7 Å². The van der Waals surface area contributed by atoms with Crippen molar-refractivity contribution in [2.45, 2.75) is 25.5 Å². The van der Waals surface area contributed by atoms with Gasteiger partial charge in [-0.3, -0.25) is 14.0 Å². The molecular formula is C26H22FN5O2S. The number of hydrogen-bond acceptors (Lipinski definition) is 5. The smallest absolute Gasteiger partial charge is 0.267 e. The summed E-state index contributed by atoms with van der Waals surface area (Å²) in [4.78, 5) is 25.9. The van der Waals surface area contributed by atoms with Gasteiger partial charge in [0.05, 0.1) is 22.3 Å². The van der Waals surface area contributed by atoms with E-state index in [-0.39, 0.29) is 23.0 Å². The van der Waals surface area contributed by atoms with Crippen LogP contribution in [0.15, 0.2) is 76.7 Å². The monoisotopic (exact) mass is 487 g/mol. The molecule has 0 aliphatic rings. The van der Waals surface area contributed by atoms with Gasteiger partial charge in [0.15, 0.2) is 5.16 Å². The highest BCUT2D eigenvalue weighted by atomic mass is 32.2. The van der Waals surface area contributed by atoms with Gasteiger partial charge in [-0.2, -0.15) is 0 Å². The van der Waals surface area contributed by atoms with Gasteiger partial charge in [-0.25, -0.2) is 8.96 Å². The number of amides is 1. The number of benzene rings is 3. The predicted molar refractivity (Wildman–Crippen MR) is 135 cm³/mol. The third-order valence-corrected chi connectivity index (χ3v) is 6.66. The second-order valence-corrected chi connectivity index (χ2v) is 9.20. The van der Waals surface area contributed by atoms with E-state index in [0.717, 1.165) is 11.1 Å². The molecule has 1 amide bonds. The predicted octanol–water partition coefficient (Wildman–Crippen LogP) is 4.20. The van der Waals surface area contributed by atoms with E-state index in [1.165, 1.54) is 22.4 Å². The highest BCUT2D eigenvalue weighted by Crippen LogP contribution is 2.23. The van der Waals surface area contributed by atoms with Crippen LogP contribution in [0.25, 0.3) is 22.4 Å². The Labute approximate surface area is 204 Å². The zero-order valence-corrected chi connectivity index (χ0v) is 20.0. The van der Waals surface area contributed by atoms with E-state index in [9.17, 15) is 14.0 Å². The fourth-order valence-corrected chi connectivity index (χ4v) is 4.67. The quantitative estimate of drug-likeness (QED) is 0.363. The largest absolute Gasteiger partial charge is 0.351 e. The third kappa shape index (κ3) is 4.42. The van der Waals surface area contributed by atoms with Crippen LogP contribution < -0.4 is 10.9 Å². The first-order valence-electron chi connectivity index (χ1n) is 11.0. The lowest BCUT2D eigenvalue weighted by molar-refractivity contribution is -0.118. The van der Waals surface area contributed by atoms with E-state index in [4.69, 9.17) is 0 Å². The molecule has 0 atom stereocenters. The van der Waals surface area contributed by atoms with Crippen LogP contribution in [0.2, 0.25) is 0 Å². The number of fused-ring (bicyclic) bond motifs is 3. The molecule has 35 heavy (non-hydrogen) atoms. The van der Waals surface area contributed by atoms with Crippen LogP contribution in [0.1, 0.15) is 16.7 Å². The maximum Gasteiger partial charge on any atom is 0.267 e. The van der Waals surface area contributed by atoms with Crippen LogP contribution in [0, 0.1) is 19.7 Å². The summed E-state index contributed by atoms with van der Waals surface area (Å²) in [5, 5.41) is 12.5. The lowest BCUT2D eigenvalue weighted by Crippen LogP contribution is -2.25. The number of halogens is 1. The first-order valence-corrected chi connectivity index (χ1v) is 12.0. The van der Waals surface area contributed by atoms with Gasteiger partial charge >= 0.3 is 0 Å². The Morgan fingerprint density at radius 1 is 1.03 bits per heavy atom. The van der Waals surface area contributed by atoms with Crippen molar-refractivity contribution in [1.82, 2.24) is 24.5 Å². The van der Waals surface area contributed by atoms with Crippen molar-refractivity contribution in [3.05, 3.63) is 99.6 Å². The fraction of sp³-hybridized carbons (Fsp3) is 0.154. The molecule has 2 heterocycles. The molecule has 0 unspecified atom stereocenters. The van der Waals surface area contributed by atoms with Crippen LogP contribution in [-0.2, 0) is 11.3 Å². The van der Waals surface area contributed by atoms with E-state index in [2.05, 4.69) is 15.5 Å². The summed E-state index contributed by atoms with van der Waals surface area (Å²) < 4.78 is 16.8. The van der Waals surface area contributed by atoms with Crippen LogP contribution >= 0.6 is 11.8 Å². The number of nitrogens with one attached hydrogen (secondary N) is 1. The topological polar surface area (TPSA) is 81.3 Å². The first-order chi connectivity index (χ1) is 16.9. The number of aryl methyl sites for hydroxylation is 2. The lowest BCUT2D eigenvalue weighted by Gasteiger charge is -2.11. The van der Waals surface area contributed by atoms with Gasteiger partial charge in [0.1, 0.15) is 5.82 Å². The number of rotatable bonds is 6. The summed E-state index contributed by atoms with van der Waals surface area (Å²) in [7, 11) is 0. The number of nitrogens with zero attached hydrogens (tertiary/aromatic N) is 4. The molecule has 5 rings (SSSR count). The molecule has 3 aromatic carbocycles. The van der Waals surface area contributed by atoms with Crippen molar-refractivity contribution in [3.63, 3.8) is 0 Å². The van der Waals surface area contributed by atoms with Crippen LogP contribution in [0.4, 0.5) is 4.39 Å². The van der Waals surface area contributed by atoms with E-state index >= 15 is 0 Å². The first kappa shape index (κ1) is 22.8. The average molecular weight is 488 g/mol. The highest BCUT2D eigenvalue weighted by molar-refractivity contribution is 7.99. The maximum absolute atomic E-state index is 13.5. The van der Waals surface area contributed by atoms with Crippen molar-refractivity contribution in [2.75, 3.05) is 5.75 Å². The molecule has 1 N–H and O–H groups in total. The SMILES string of the molecule is Cc1ccc(-n2c(=O)c3ccccc3n3c(SCC(=O)NCc4ccc(F)c(C)c4)nnc23)cc1. The molecule has 0 fully saturated rings. The molecule has 0 spiro atoms. The van der Waals surface area contributed by atoms with Crippen molar-refractivity contribution in [1.29, 1.82) is 0 Å². The highest BCUT2D eigenvalue weighted by Gasteiger charge is 2.18. The second-order valence-electron chi connectivity index (χ2n) is 8.26. The second kappa shape index (κ2) is 9.34. The summed E-state index contributed by atoms with van der Waals surface area (Å²) in [6.45, 7) is 3.97. The number of hydrogen-bond donors (Lipinski definition) is 1. The Bertz CT molecular complexity index is 1630. The van der Waals surface area contributed by atoms with Gasteiger partial charge < -0.3 is 5.32 Å². The van der Waals surface area contributed by atoms with Crippen LogP contribution in [0.3, 0.4) is 0 Å². The minimum absolute atomic E-state index is 0.110. The Morgan fingerprint density at radius 3 is 2.57 bits per heavy atom. The van der Waals surface area contributed by atoms with Gasteiger partial charge in [0, 0.05) is 6.54 Å². The molecule has 0 radical (unpaired) electrons. The molecule has 9 heteroatoms. The molecule has 176 valence electrons. The lowest BCUT2D eigenvalue weighted by atomic mass is 10.1. The molecule has 0 aliphatic carbocycles. The van der Waals surface area contributed by atoms with E-state index in [1.807, 2.05) is 49.4 Å². The van der Waals surface area contributed by atoms with Crippen molar-refractivity contribution in [3.8, 4) is 5.69 Å². The van der Waals surface area contributed by atoms with Gasteiger partial charge in [-0.05, 0) is 55.3 Å². The molecular weight excluding hydrogens is 465 g/mol. The normalized spacial score (nSPS) is 11.3. The summed E-state index contributed by atoms with van der Waals surface area (Å²) in [5.74, 6) is 0.0247. The molecule has 5 aromatic rings. The standard InChI is InChI=1S/C26H22FN5O2S/c1-16-7-10-19(11-8-16)31-24(34)20-5-3-4-6-22(20)32-25(31)29-30-26(32)35-15-23(33)28-14-18-9-12-21(27)17(2)13-18/h3-13H,14-15H2,1-2H3,(H,28,33). The van der Waals surface area contributed by atoms with Gasteiger partial charge in [-0.15, -0.1) is 10.2 Å². The third-order valence-electron chi connectivity index (χ3n) is 5.73.